The molecular formula is C9H14ClNS. The molecule has 0 aromatic carbocycles. The molecule has 1 nitrogen and oxygen atoms in total. The maximum absolute atomic E-state index is 5.98. The Hall–Kier alpha value is -0.0500. The number of nitrogens with two attached hydrogens (primary N) is 1. The van der Waals surface area contributed by atoms with Crippen molar-refractivity contribution in [1.82, 2.24) is 0 Å². The van der Waals surface area contributed by atoms with Gasteiger partial charge in [-0.3, -0.25) is 0 Å². The lowest BCUT2D eigenvalue weighted by atomic mass is 9.98. The normalized spacial score (nSPS) is 13.3. The highest BCUT2D eigenvalue weighted by Crippen LogP contribution is 2.33. The van der Waals surface area contributed by atoms with Crippen molar-refractivity contribution in [1.29, 1.82) is 0 Å². The van der Waals surface area contributed by atoms with Crippen LogP contribution in [-0.4, -0.2) is 0 Å². The Morgan fingerprint density at radius 2 is 2.33 bits per heavy atom. The average molecular weight is 204 g/mol. The van der Waals surface area contributed by atoms with E-state index in [0.717, 1.165) is 16.3 Å². The van der Waals surface area contributed by atoms with E-state index in [2.05, 4.69) is 19.2 Å². The maximum atomic E-state index is 5.98. The SMILES string of the molecule is CCC(C)c1csc(Cl)c1CN. The number of thiophene rings is 1. The summed E-state index contributed by atoms with van der Waals surface area (Å²) >= 11 is 7.57. The third kappa shape index (κ3) is 1.82. The fraction of sp³-hybridized carbons (Fsp3) is 0.556. The van der Waals surface area contributed by atoms with Crippen LogP contribution in [0.15, 0.2) is 5.38 Å². The summed E-state index contributed by atoms with van der Waals surface area (Å²) in [4.78, 5) is 0. The molecule has 0 amide bonds. The molecule has 1 aromatic rings. The summed E-state index contributed by atoms with van der Waals surface area (Å²) in [6, 6.07) is 0. The molecule has 1 unspecified atom stereocenters. The Morgan fingerprint density at radius 1 is 1.67 bits per heavy atom. The van der Waals surface area contributed by atoms with Gasteiger partial charge in [0.25, 0.3) is 0 Å². The molecule has 1 heterocycles. The lowest BCUT2D eigenvalue weighted by Crippen LogP contribution is -2.01. The molecule has 0 fully saturated rings. The van der Waals surface area contributed by atoms with E-state index in [4.69, 9.17) is 17.3 Å². The zero-order valence-electron chi connectivity index (χ0n) is 7.43. The molecule has 0 aliphatic carbocycles. The smallest absolute Gasteiger partial charge is 0.0976 e. The van der Waals surface area contributed by atoms with E-state index < -0.39 is 0 Å². The molecule has 0 aliphatic heterocycles. The van der Waals surface area contributed by atoms with Crippen molar-refractivity contribution in [3.8, 4) is 0 Å². The van der Waals surface area contributed by atoms with Gasteiger partial charge in [-0.05, 0) is 28.8 Å². The summed E-state index contributed by atoms with van der Waals surface area (Å²) < 4.78 is 0.854. The molecule has 3 heteroatoms. The van der Waals surface area contributed by atoms with Crippen molar-refractivity contribution in [2.24, 2.45) is 5.73 Å². The first-order valence-electron chi connectivity index (χ1n) is 4.16. The van der Waals surface area contributed by atoms with E-state index in [0.29, 0.717) is 12.5 Å². The van der Waals surface area contributed by atoms with Crippen LogP contribution in [0.1, 0.15) is 37.3 Å². The van der Waals surface area contributed by atoms with Crippen LogP contribution in [0.5, 0.6) is 0 Å². The molecule has 0 spiro atoms. The predicted octanol–water partition coefficient (Wildman–Crippen LogP) is 3.37. The van der Waals surface area contributed by atoms with Gasteiger partial charge in [0.2, 0.25) is 0 Å². The standard InChI is InChI=1S/C9H14ClNS/c1-3-6(2)8-5-12-9(10)7(8)4-11/h5-6H,3-4,11H2,1-2H3. The largest absolute Gasteiger partial charge is 0.326 e. The zero-order valence-corrected chi connectivity index (χ0v) is 9.00. The first-order chi connectivity index (χ1) is 5.70. The number of hydrogen-bond donors (Lipinski definition) is 1. The average Bonchev–Trinajstić information content (AvgIpc) is 2.45. The molecule has 2 N–H and O–H groups in total. The Balaban J connectivity index is 2.98. The van der Waals surface area contributed by atoms with Crippen LogP contribution in [-0.2, 0) is 6.54 Å². The van der Waals surface area contributed by atoms with Gasteiger partial charge in [-0.2, -0.15) is 0 Å². The third-order valence-electron chi connectivity index (χ3n) is 2.22. The first kappa shape index (κ1) is 10.0. The van der Waals surface area contributed by atoms with Crippen LogP contribution in [0.25, 0.3) is 0 Å². The van der Waals surface area contributed by atoms with Crippen LogP contribution < -0.4 is 5.73 Å². The molecule has 0 radical (unpaired) electrons. The molecule has 1 atom stereocenters. The van der Waals surface area contributed by atoms with Gasteiger partial charge >= 0.3 is 0 Å². The Morgan fingerprint density at radius 3 is 2.83 bits per heavy atom. The number of hydrogen-bond acceptors (Lipinski definition) is 2. The molecule has 68 valence electrons. The third-order valence-corrected chi connectivity index (χ3v) is 3.54. The molecule has 1 aromatic heterocycles. The molecule has 0 bridgehead atoms. The van der Waals surface area contributed by atoms with E-state index in [9.17, 15) is 0 Å². The van der Waals surface area contributed by atoms with Gasteiger partial charge in [0.15, 0.2) is 0 Å². The van der Waals surface area contributed by atoms with Crippen LogP contribution in [0.3, 0.4) is 0 Å². The summed E-state index contributed by atoms with van der Waals surface area (Å²) in [5, 5.41) is 2.12. The molecular weight excluding hydrogens is 190 g/mol. The lowest BCUT2D eigenvalue weighted by Gasteiger charge is -2.08. The van der Waals surface area contributed by atoms with Crippen molar-refractivity contribution >= 4 is 22.9 Å². The summed E-state index contributed by atoms with van der Waals surface area (Å²) in [5.74, 6) is 0.576. The zero-order chi connectivity index (χ0) is 9.14. The first-order valence-corrected chi connectivity index (χ1v) is 5.42. The molecule has 0 aliphatic rings. The van der Waals surface area contributed by atoms with Gasteiger partial charge in [0, 0.05) is 6.54 Å². The van der Waals surface area contributed by atoms with E-state index in [1.807, 2.05) is 0 Å². The quantitative estimate of drug-likeness (QED) is 0.801. The fourth-order valence-electron chi connectivity index (χ4n) is 1.20. The van der Waals surface area contributed by atoms with Crippen molar-refractivity contribution in [3.05, 3.63) is 20.8 Å². The van der Waals surface area contributed by atoms with E-state index >= 15 is 0 Å². The Labute approximate surface area is 82.5 Å². The fourth-order valence-corrected chi connectivity index (χ4v) is 2.47. The second-order valence-corrected chi connectivity index (χ2v) is 4.44. The molecule has 0 saturated carbocycles. The number of rotatable bonds is 3. The molecule has 1 rings (SSSR count). The van der Waals surface area contributed by atoms with E-state index in [-0.39, 0.29) is 0 Å². The Kier molecular flexibility index (Phi) is 3.56. The van der Waals surface area contributed by atoms with Gasteiger partial charge < -0.3 is 5.73 Å². The molecule has 12 heavy (non-hydrogen) atoms. The van der Waals surface area contributed by atoms with Crippen LogP contribution in [0.4, 0.5) is 0 Å². The van der Waals surface area contributed by atoms with Gasteiger partial charge in [0.1, 0.15) is 0 Å². The Bertz CT molecular complexity index is 257. The summed E-state index contributed by atoms with van der Waals surface area (Å²) in [6.45, 7) is 4.94. The second kappa shape index (κ2) is 4.26. The van der Waals surface area contributed by atoms with Crippen LogP contribution >= 0.6 is 22.9 Å². The van der Waals surface area contributed by atoms with Gasteiger partial charge in [-0.15, -0.1) is 11.3 Å². The number of halogens is 1. The predicted molar refractivity (Wildman–Crippen MR) is 55.9 cm³/mol. The summed E-state index contributed by atoms with van der Waals surface area (Å²) in [6.07, 6.45) is 1.14. The topological polar surface area (TPSA) is 26.0 Å². The van der Waals surface area contributed by atoms with Gasteiger partial charge in [0.05, 0.1) is 4.34 Å². The lowest BCUT2D eigenvalue weighted by molar-refractivity contribution is 0.726. The summed E-state index contributed by atoms with van der Waals surface area (Å²) in [5.41, 5.74) is 8.07. The van der Waals surface area contributed by atoms with Gasteiger partial charge in [-0.25, -0.2) is 0 Å². The maximum Gasteiger partial charge on any atom is 0.0976 e. The van der Waals surface area contributed by atoms with Gasteiger partial charge in [-0.1, -0.05) is 25.4 Å². The molecule has 0 saturated heterocycles. The van der Waals surface area contributed by atoms with Crippen LogP contribution in [0, 0.1) is 0 Å². The van der Waals surface area contributed by atoms with Crippen molar-refractivity contribution in [2.75, 3.05) is 0 Å². The minimum Gasteiger partial charge on any atom is -0.326 e. The van der Waals surface area contributed by atoms with Crippen molar-refractivity contribution in [2.45, 2.75) is 32.7 Å². The van der Waals surface area contributed by atoms with E-state index in [1.54, 1.807) is 11.3 Å². The highest BCUT2D eigenvalue weighted by atomic mass is 35.5. The summed E-state index contributed by atoms with van der Waals surface area (Å²) in [7, 11) is 0. The van der Waals surface area contributed by atoms with Crippen molar-refractivity contribution < 1.29 is 0 Å². The van der Waals surface area contributed by atoms with E-state index in [1.165, 1.54) is 5.56 Å². The monoisotopic (exact) mass is 203 g/mol. The highest BCUT2D eigenvalue weighted by Gasteiger charge is 2.12. The van der Waals surface area contributed by atoms with Crippen LogP contribution in [0.2, 0.25) is 4.34 Å². The minimum absolute atomic E-state index is 0.558. The minimum atomic E-state index is 0.558. The second-order valence-electron chi connectivity index (χ2n) is 2.96. The highest BCUT2D eigenvalue weighted by molar-refractivity contribution is 7.14. The van der Waals surface area contributed by atoms with Crippen molar-refractivity contribution in [3.63, 3.8) is 0 Å².